The van der Waals surface area contributed by atoms with Gasteiger partial charge in [0.2, 0.25) is 5.88 Å². The molecular weight excluding hydrogens is 474 g/mol. The molecule has 8 nitrogen and oxygen atoms in total. The molecule has 0 fully saturated rings. The van der Waals surface area contributed by atoms with E-state index in [2.05, 4.69) is 47.9 Å². The number of H-pyrrole nitrogens is 1. The van der Waals surface area contributed by atoms with Crippen molar-refractivity contribution in [1.82, 2.24) is 19.9 Å². The predicted molar refractivity (Wildman–Crippen MR) is 121 cm³/mol. The second-order valence-electron chi connectivity index (χ2n) is 6.57. The molecule has 1 aromatic carbocycles. The van der Waals surface area contributed by atoms with Gasteiger partial charge in [0.25, 0.3) is 0 Å². The van der Waals surface area contributed by atoms with Gasteiger partial charge in [-0.15, -0.1) is 6.42 Å². The fourth-order valence-electron chi connectivity index (χ4n) is 3.00. The number of pyridine rings is 1. The Hall–Kier alpha value is -4.08. The Morgan fingerprint density at radius 3 is 2.56 bits per heavy atom. The van der Waals surface area contributed by atoms with Crippen molar-refractivity contribution < 1.29 is 14.2 Å². The van der Waals surface area contributed by atoms with Crippen LogP contribution in [0.4, 0.5) is 0 Å². The maximum absolute atomic E-state index is 9.31. The average Bonchev–Trinajstić information content (AvgIpc) is 3.14. The van der Waals surface area contributed by atoms with Gasteiger partial charge in [0, 0.05) is 23.5 Å². The summed E-state index contributed by atoms with van der Waals surface area (Å²) in [6.45, 7) is 2.01. The molecule has 4 rings (SSSR count). The van der Waals surface area contributed by atoms with Crippen LogP contribution in [0.3, 0.4) is 0 Å². The molecule has 0 saturated carbocycles. The quantitative estimate of drug-likeness (QED) is 0.374. The first-order valence-corrected chi connectivity index (χ1v) is 10.3. The number of hydrogen-bond donors (Lipinski definition) is 1. The van der Waals surface area contributed by atoms with Crippen molar-refractivity contribution in [3.8, 4) is 47.6 Å². The molecule has 0 aliphatic carbocycles. The molecule has 3 aromatic heterocycles. The van der Waals surface area contributed by atoms with Crippen LogP contribution in [0.15, 0.2) is 41.1 Å². The number of ether oxygens (including phenoxy) is 3. The van der Waals surface area contributed by atoms with Crippen LogP contribution >= 0.6 is 15.9 Å². The first-order chi connectivity index (χ1) is 15.5. The molecule has 3 heterocycles. The molecule has 0 saturated heterocycles. The number of halogens is 1. The van der Waals surface area contributed by atoms with Gasteiger partial charge in [0.15, 0.2) is 5.75 Å². The Morgan fingerprint density at radius 2 is 1.84 bits per heavy atom. The molecule has 0 atom stereocenters. The molecule has 4 aromatic rings. The topological polar surface area (TPSA) is 106 Å². The summed E-state index contributed by atoms with van der Waals surface area (Å²) < 4.78 is 17.9. The number of rotatable bonds is 6. The monoisotopic (exact) mass is 489 g/mol. The molecular formula is C23H16BrN5O3. The number of benzene rings is 1. The number of aromatic amines is 1. The van der Waals surface area contributed by atoms with Crippen LogP contribution in [-0.4, -0.2) is 27.0 Å². The average molecular weight is 490 g/mol. The number of nitriles is 1. The zero-order valence-corrected chi connectivity index (χ0v) is 18.7. The number of fused-ring (bicyclic) bond motifs is 1. The lowest BCUT2D eigenvalue weighted by Gasteiger charge is -2.10. The van der Waals surface area contributed by atoms with Crippen molar-refractivity contribution >= 4 is 27.0 Å². The molecule has 32 heavy (non-hydrogen) atoms. The van der Waals surface area contributed by atoms with Crippen LogP contribution in [-0.2, 0) is 6.42 Å². The summed E-state index contributed by atoms with van der Waals surface area (Å²) in [6.07, 6.45) is 9.24. The van der Waals surface area contributed by atoms with Gasteiger partial charge in [-0.05, 0) is 40.5 Å². The van der Waals surface area contributed by atoms with Crippen molar-refractivity contribution in [1.29, 1.82) is 5.26 Å². The Labute approximate surface area is 192 Å². The fraction of sp³-hybridized carbons (Fsp3) is 0.130. The lowest BCUT2D eigenvalue weighted by Crippen LogP contribution is -1.97. The third kappa shape index (κ3) is 4.20. The van der Waals surface area contributed by atoms with E-state index in [1.807, 2.05) is 6.92 Å². The molecule has 0 radical (unpaired) electrons. The van der Waals surface area contributed by atoms with E-state index in [9.17, 15) is 5.26 Å². The number of nitrogens with zero attached hydrogens (tertiary/aromatic N) is 4. The summed E-state index contributed by atoms with van der Waals surface area (Å²) >= 11 is 3.60. The summed E-state index contributed by atoms with van der Waals surface area (Å²) in [6, 6.07) is 8.66. The lowest BCUT2D eigenvalue weighted by molar-refractivity contribution is 0.402. The zero-order chi connectivity index (χ0) is 22.7. The summed E-state index contributed by atoms with van der Waals surface area (Å²) in [4.78, 5) is 16.2. The van der Waals surface area contributed by atoms with Crippen LogP contribution in [0.1, 0.15) is 23.7 Å². The van der Waals surface area contributed by atoms with Gasteiger partial charge < -0.3 is 19.2 Å². The molecule has 0 spiro atoms. The van der Waals surface area contributed by atoms with Gasteiger partial charge in [0.05, 0.1) is 34.8 Å². The Balaban J connectivity index is 1.82. The summed E-state index contributed by atoms with van der Waals surface area (Å²) in [5.41, 5.74) is 2.41. The van der Waals surface area contributed by atoms with E-state index in [1.54, 1.807) is 30.5 Å². The van der Waals surface area contributed by atoms with Crippen molar-refractivity contribution in [2.24, 2.45) is 0 Å². The standard InChI is InChI=1S/C23H16BrN5O3/c1-4-13-6-17(12-26-11-13)32-23-28-21-19(20(24)18(5-2)27-21)22(29-23)31-16-8-14(10-25)7-15(9-16)30-3/h1,6-9,11-12H,5H2,2-3H3,(H,27,28,29). The molecule has 1 N–H and O–H groups in total. The van der Waals surface area contributed by atoms with E-state index in [1.165, 1.54) is 13.3 Å². The van der Waals surface area contributed by atoms with E-state index in [-0.39, 0.29) is 11.9 Å². The Kier molecular flexibility index (Phi) is 5.93. The zero-order valence-electron chi connectivity index (χ0n) is 17.1. The smallest absolute Gasteiger partial charge is 0.327 e. The largest absolute Gasteiger partial charge is 0.497 e. The molecule has 0 aliphatic rings. The summed E-state index contributed by atoms with van der Waals surface area (Å²) in [5.74, 6) is 4.01. The minimum Gasteiger partial charge on any atom is -0.497 e. The van der Waals surface area contributed by atoms with E-state index in [4.69, 9.17) is 20.6 Å². The first kappa shape index (κ1) is 21.2. The van der Waals surface area contributed by atoms with Crippen LogP contribution in [0, 0.1) is 23.7 Å². The van der Waals surface area contributed by atoms with Gasteiger partial charge in [0.1, 0.15) is 17.1 Å². The maximum atomic E-state index is 9.31. The van der Waals surface area contributed by atoms with E-state index < -0.39 is 0 Å². The van der Waals surface area contributed by atoms with E-state index >= 15 is 0 Å². The number of hydrogen-bond acceptors (Lipinski definition) is 7. The van der Waals surface area contributed by atoms with Crippen molar-refractivity contribution in [3.05, 3.63) is 58.0 Å². The van der Waals surface area contributed by atoms with Crippen LogP contribution in [0.25, 0.3) is 11.0 Å². The highest BCUT2D eigenvalue weighted by Crippen LogP contribution is 2.38. The molecule has 9 heteroatoms. The van der Waals surface area contributed by atoms with Gasteiger partial charge in [-0.2, -0.15) is 15.2 Å². The van der Waals surface area contributed by atoms with Crippen LogP contribution in [0.5, 0.6) is 29.1 Å². The van der Waals surface area contributed by atoms with Gasteiger partial charge >= 0.3 is 6.01 Å². The van der Waals surface area contributed by atoms with E-state index in [0.29, 0.717) is 39.4 Å². The SMILES string of the molecule is C#Cc1cncc(Oc2nc(Oc3cc(C#N)cc(OC)c3)c3c(Br)c(CC)[nH]c3n2)c1. The highest BCUT2D eigenvalue weighted by Gasteiger charge is 2.19. The number of aryl methyl sites for hydroxylation is 1. The van der Waals surface area contributed by atoms with Crippen molar-refractivity contribution in [2.45, 2.75) is 13.3 Å². The number of aromatic nitrogens is 4. The summed E-state index contributed by atoms with van der Waals surface area (Å²) in [5, 5.41) is 9.96. The molecule has 0 amide bonds. The predicted octanol–water partition coefficient (Wildman–Crippen LogP) is 5.12. The molecule has 0 bridgehead atoms. The van der Waals surface area contributed by atoms with Gasteiger partial charge in [-0.1, -0.05) is 12.8 Å². The minimum absolute atomic E-state index is 0.0447. The minimum atomic E-state index is 0.0447. The number of nitrogens with one attached hydrogen (secondary N) is 1. The Bertz CT molecular complexity index is 1400. The number of terminal acetylenes is 1. The van der Waals surface area contributed by atoms with Gasteiger partial charge in [-0.25, -0.2) is 0 Å². The summed E-state index contributed by atoms with van der Waals surface area (Å²) in [7, 11) is 1.52. The highest BCUT2D eigenvalue weighted by atomic mass is 79.9. The highest BCUT2D eigenvalue weighted by molar-refractivity contribution is 9.10. The second kappa shape index (κ2) is 8.96. The Morgan fingerprint density at radius 1 is 1.06 bits per heavy atom. The lowest BCUT2D eigenvalue weighted by atomic mass is 10.2. The maximum Gasteiger partial charge on any atom is 0.327 e. The van der Waals surface area contributed by atoms with Crippen LogP contribution in [0.2, 0.25) is 0 Å². The molecule has 0 aliphatic heterocycles. The molecule has 158 valence electrons. The third-order valence-electron chi connectivity index (χ3n) is 4.51. The van der Waals surface area contributed by atoms with Gasteiger partial charge in [-0.3, -0.25) is 4.98 Å². The van der Waals surface area contributed by atoms with Crippen molar-refractivity contribution in [2.75, 3.05) is 7.11 Å². The normalized spacial score (nSPS) is 10.4. The second-order valence-corrected chi connectivity index (χ2v) is 7.37. The molecule has 0 unspecified atom stereocenters. The van der Waals surface area contributed by atoms with E-state index in [0.717, 1.165) is 16.6 Å². The van der Waals surface area contributed by atoms with Crippen LogP contribution < -0.4 is 14.2 Å². The first-order valence-electron chi connectivity index (χ1n) is 9.49. The fourth-order valence-corrected chi connectivity index (χ4v) is 3.74. The number of methoxy groups -OCH3 is 1. The van der Waals surface area contributed by atoms with Crippen molar-refractivity contribution in [3.63, 3.8) is 0 Å². The third-order valence-corrected chi connectivity index (χ3v) is 5.39.